The maximum Gasteiger partial charge on any atom is 0.163 e. The van der Waals surface area contributed by atoms with Crippen molar-refractivity contribution in [2.75, 3.05) is 6.54 Å². The maximum absolute atomic E-state index is 6.24. The van der Waals surface area contributed by atoms with E-state index in [0.717, 1.165) is 47.3 Å². The first kappa shape index (κ1) is 18.8. The fourth-order valence-electron chi connectivity index (χ4n) is 5.82. The van der Waals surface area contributed by atoms with E-state index >= 15 is 0 Å². The largest absolute Gasteiger partial charge is 0.369 e. The molecule has 3 heterocycles. The van der Waals surface area contributed by atoms with Crippen molar-refractivity contribution in [3.63, 3.8) is 0 Å². The van der Waals surface area contributed by atoms with Gasteiger partial charge in [0, 0.05) is 28.1 Å². The van der Waals surface area contributed by atoms with Crippen molar-refractivity contribution in [1.82, 2.24) is 14.8 Å². The summed E-state index contributed by atoms with van der Waals surface area (Å²) in [6, 6.07) is 6.03. The van der Waals surface area contributed by atoms with Gasteiger partial charge in [0.15, 0.2) is 5.82 Å². The summed E-state index contributed by atoms with van der Waals surface area (Å²) in [7, 11) is 0. The van der Waals surface area contributed by atoms with Crippen LogP contribution in [-0.4, -0.2) is 27.0 Å². The van der Waals surface area contributed by atoms with Gasteiger partial charge in [0.1, 0.15) is 12.4 Å². The number of halogens is 1. The number of fused-ring (bicyclic) bond motifs is 3. The summed E-state index contributed by atoms with van der Waals surface area (Å²) in [5.74, 6) is 3.05. The second-order valence-electron chi connectivity index (χ2n) is 9.11. The molecule has 5 nitrogen and oxygen atoms in total. The van der Waals surface area contributed by atoms with Gasteiger partial charge in [-0.2, -0.15) is 0 Å². The van der Waals surface area contributed by atoms with Gasteiger partial charge in [-0.25, -0.2) is 0 Å². The zero-order chi connectivity index (χ0) is 20.1. The number of aliphatic imine (C=N–C) groups is 1. The zero-order valence-corrected chi connectivity index (χ0v) is 18.0. The Morgan fingerprint density at radius 2 is 1.80 bits per heavy atom. The molecule has 0 radical (unpaired) electrons. The number of ether oxygens (including phenoxy) is 1. The first-order chi connectivity index (χ1) is 14.8. The van der Waals surface area contributed by atoms with Crippen molar-refractivity contribution >= 4 is 17.3 Å². The molecule has 0 unspecified atom stereocenters. The topological polar surface area (TPSA) is 52.3 Å². The lowest BCUT2D eigenvalue weighted by Crippen LogP contribution is -2.24. The van der Waals surface area contributed by atoms with E-state index < -0.39 is 0 Å². The number of hydrogen-bond donors (Lipinski definition) is 0. The Kier molecular flexibility index (Phi) is 4.76. The highest BCUT2D eigenvalue weighted by Crippen LogP contribution is 2.41. The van der Waals surface area contributed by atoms with E-state index in [1.807, 2.05) is 12.1 Å². The molecule has 6 rings (SSSR count). The quantitative estimate of drug-likeness (QED) is 0.637. The molecule has 0 bridgehead atoms. The first-order valence-corrected chi connectivity index (χ1v) is 11.7. The minimum absolute atomic E-state index is 0.436. The Hall–Kier alpha value is -1.98. The molecular weight excluding hydrogens is 396 g/mol. The SMILES string of the molecule is Clc1ccc2c(c1)COCc1nnc(C3CCC(C4=NCC5=C4CCCC5)CC3)n1-2. The van der Waals surface area contributed by atoms with Gasteiger partial charge in [-0.15, -0.1) is 10.2 Å². The summed E-state index contributed by atoms with van der Waals surface area (Å²) < 4.78 is 8.07. The fourth-order valence-corrected chi connectivity index (χ4v) is 6.01. The second kappa shape index (κ2) is 7.61. The van der Waals surface area contributed by atoms with Crippen LogP contribution >= 0.6 is 11.6 Å². The molecule has 1 saturated carbocycles. The summed E-state index contributed by atoms with van der Waals surface area (Å²) in [4.78, 5) is 4.99. The summed E-state index contributed by atoms with van der Waals surface area (Å²) >= 11 is 6.24. The van der Waals surface area contributed by atoms with Gasteiger partial charge in [-0.3, -0.25) is 9.56 Å². The van der Waals surface area contributed by atoms with Crippen molar-refractivity contribution in [1.29, 1.82) is 0 Å². The lowest BCUT2D eigenvalue weighted by atomic mass is 9.76. The Bertz CT molecular complexity index is 1050. The molecule has 2 aliphatic heterocycles. The average Bonchev–Trinajstić information content (AvgIpc) is 3.34. The highest BCUT2D eigenvalue weighted by atomic mass is 35.5. The van der Waals surface area contributed by atoms with E-state index in [1.54, 1.807) is 11.1 Å². The Balaban J connectivity index is 1.25. The van der Waals surface area contributed by atoms with Crippen molar-refractivity contribution in [3.8, 4) is 5.69 Å². The van der Waals surface area contributed by atoms with Gasteiger partial charge in [0.05, 0.1) is 18.8 Å². The van der Waals surface area contributed by atoms with Crippen LogP contribution in [0.2, 0.25) is 5.02 Å². The molecule has 30 heavy (non-hydrogen) atoms. The third kappa shape index (κ3) is 3.14. The van der Waals surface area contributed by atoms with Crippen LogP contribution in [0.25, 0.3) is 5.69 Å². The highest BCUT2D eigenvalue weighted by molar-refractivity contribution is 6.30. The number of benzene rings is 1. The minimum atomic E-state index is 0.436. The monoisotopic (exact) mass is 422 g/mol. The molecule has 0 amide bonds. The predicted octanol–water partition coefficient (Wildman–Crippen LogP) is 5.55. The standard InChI is InChI=1S/C24H27ClN4O/c25-19-9-10-21-18(11-19)13-30-14-22-27-28-24(29(21)22)16-7-5-15(6-8-16)23-20-4-2-1-3-17(20)12-26-23/h9-11,15-16H,1-8,12-14H2. The van der Waals surface area contributed by atoms with Crippen molar-refractivity contribution in [2.45, 2.75) is 70.5 Å². The normalized spacial score (nSPS) is 26.0. The van der Waals surface area contributed by atoms with Gasteiger partial charge in [-0.05, 0) is 80.7 Å². The third-order valence-corrected chi connectivity index (χ3v) is 7.57. The van der Waals surface area contributed by atoms with Crippen LogP contribution in [0.15, 0.2) is 34.3 Å². The lowest BCUT2D eigenvalue weighted by Gasteiger charge is -2.30. The fraction of sp³-hybridized carbons (Fsp3) is 0.542. The van der Waals surface area contributed by atoms with Gasteiger partial charge in [0.2, 0.25) is 0 Å². The number of rotatable bonds is 2. The zero-order valence-electron chi connectivity index (χ0n) is 17.2. The summed E-state index contributed by atoms with van der Waals surface area (Å²) in [6.45, 7) is 2.02. The van der Waals surface area contributed by atoms with E-state index in [4.69, 9.17) is 21.3 Å². The molecular formula is C24H27ClN4O. The second-order valence-corrected chi connectivity index (χ2v) is 9.55. The van der Waals surface area contributed by atoms with Crippen molar-refractivity contribution in [2.24, 2.45) is 10.9 Å². The maximum atomic E-state index is 6.24. The minimum Gasteiger partial charge on any atom is -0.369 e. The molecule has 1 fully saturated rings. The van der Waals surface area contributed by atoms with E-state index in [1.165, 1.54) is 44.2 Å². The molecule has 2 aliphatic carbocycles. The smallest absolute Gasteiger partial charge is 0.163 e. The number of allylic oxidation sites excluding steroid dienone is 1. The van der Waals surface area contributed by atoms with Crippen LogP contribution in [0.4, 0.5) is 0 Å². The molecule has 4 aliphatic rings. The Labute approximate surface area is 182 Å². The third-order valence-electron chi connectivity index (χ3n) is 7.34. The first-order valence-electron chi connectivity index (χ1n) is 11.3. The number of aromatic nitrogens is 3. The van der Waals surface area contributed by atoms with Crippen LogP contribution in [0.3, 0.4) is 0 Å². The van der Waals surface area contributed by atoms with Crippen molar-refractivity contribution in [3.05, 3.63) is 51.6 Å². The molecule has 0 spiro atoms. The van der Waals surface area contributed by atoms with Crippen molar-refractivity contribution < 1.29 is 4.74 Å². The lowest BCUT2D eigenvalue weighted by molar-refractivity contribution is 0.105. The molecule has 1 aromatic carbocycles. The average molecular weight is 423 g/mol. The molecule has 2 aromatic rings. The van der Waals surface area contributed by atoms with E-state index in [2.05, 4.69) is 20.8 Å². The van der Waals surface area contributed by atoms with Crippen LogP contribution in [0.1, 0.15) is 74.5 Å². The molecule has 156 valence electrons. The number of hydrogen-bond acceptors (Lipinski definition) is 4. The van der Waals surface area contributed by atoms with Crippen LogP contribution < -0.4 is 0 Å². The Morgan fingerprint density at radius 1 is 0.967 bits per heavy atom. The summed E-state index contributed by atoms with van der Waals surface area (Å²) in [5.41, 5.74) is 6.94. The molecule has 0 saturated heterocycles. The highest BCUT2D eigenvalue weighted by Gasteiger charge is 2.34. The molecule has 6 heteroatoms. The van der Waals surface area contributed by atoms with Crippen LogP contribution in [0, 0.1) is 5.92 Å². The van der Waals surface area contributed by atoms with Gasteiger partial charge < -0.3 is 4.74 Å². The number of nitrogens with zero attached hydrogens (tertiary/aromatic N) is 4. The summed E-state index contributed by atoms with van der Waals surface area (Å²) in [5, 5.41) is 9.86. The van der Waals surface area contributed by atoms with Crippen LogP contribution in [0.5, 0.6) is 0 Å². The van der Waals surface area contributed by atoms with E-state index in [-0.39, 0.29) is 0 Å². The molecule has 1 aromatic heterocycles. The van der Waals surface area contributed by atoms with E-state index in [9.17, 15) is 0 Å². The van der Waals surface area contributed by atoms with Gasteiger partial charge in [-0.1, -0.05) is 11.6 Å². The van der Waals surface area contributed by atoms with Gasteiger partial charge in [0.25, 0.3) is 0 Å². The predicted molar refractivity (Wildman–Crippen MR) is 117 cm³/mol. The Morgan fingerprint density at radius 3 is 2.70 bits per heavy atom. The van der Waals surface area contributed by atoms with Crippen LogP contribution in [-0.2, 0) is 18.0 Å². The summed E-state index contributed by atoms with van der Waals surface area (Å²) in [6.07, 6.45) is 9.91. The molecule has 0 N–H and O–H groups in total. The molecule has 0 atom stereocenters. The van der Waals surface area contributed by atoms with Gasteiger partial charge >= 0.3 is 0 Å². The van der Waals surface area contributed by atoms with E-state index in [0.29, 0.717) is 25.0 Å².